The number of carbonyl (C=O) groups is 1. The van der Waals surface area contributed by atoms with Crippen LogP contribution in [0, 0.1) is 0 Å². The van der Waals surface area contributed by atoms with E-state index in [0.29, 0.717) is 22.8 Å². The lowest BCUT2D eigenvalue weighted by molar-refractivity contribution is -0.142. The minimum absolute atomic E-state index is 0.125. The summed E-state index contributed by atoms with van der Waals surface area (Å²) in [5.74, 6) is 1.03. The average Bonchev–Trinajstić information content (AvgIpc) is 2.62. The third kappa shape index (κ3) is 4.36. The average molecular weight is 328 g/mol. The molecule has 0 bridgehead atoms. The third-order valence-corrected chi connectivity index (χ3v) is 3.29. The highest BCUT2D eigenvalue weighted by atomic mass is 16.6. The van der Waals surface area contributed by atoms with Crippen LogP contribution in [0.3, 0.4) is 0 Å². The zero-order valence-electron chi connectivity index (χ0n) is 13.7. The molecule has 0 heterocycles. The fourth-order valence-electron chi connectivity index (χ4n) is 1.98. The van der Waals surface area contributed by atoms with E-state index in [4.69, 9.17) is 19.3 Å². The number of para-hydroxylation sites is 1. The maximum absolute atomic E-state index is 12.2. The number of esters is 1. The summed E-state index contributed by atoms with van der Waals surface area (Å²) in [7, 11) is 1.53. The highest BCUT2D eigenvalue weighted by molar-refractivity contribution is 6.16. The summed E-state index contributed by atoms with van der Waals surface area (Å²) in [5, 5.41) is 9.02. The molecule has 0 aliphatic carbocycles. The van der Waals surface area contributed by atoms with Gasteiger partial charge < -0.3 is 19.3 Å². The molecule has 0 aliphatic rings. The molecule has 0 aliphatic heterocycles. The van der Waals surface area contributed by atoms with Crippen molar-refractivity contribution in [2.75, 3.05) is 13.7 Å². The lowest BCUT2D eigenvalue weighted by Gasteiger charge is -2.16. The molecule has 1 N–H and O–H groups in total. The quantitative estimate of drug-likeness (QED) is 0.623. The van der Waals surface area contributed by atoms with E-state index < -0.39 is 12.1 Å². The van der Waals surface area contributed by atoms with E-state index in [-0.39, 0.29) is 12.2 Å². The van der Waals surface area contributed by atoms with Gasteiger partial charge >= 0.3 is 5.97 Å². The first-order chi connectivity index (χ1) is 11.5. The first-order valence-electron chi connectivity index (χ1n) is 7.47. The Bertz CT molecular complexity index is 709. The molecule has 2 aromatic rings. The van der Waals surface area contributed by atoms with Crippen molar-refractivity contribution in [1.82, 2.24) is 0 Å². The van der Waals surface area contributed by atoms with Crippen LogP contribution in [0.2, 0.25) is 0 Å². The number of ether oxygens (including phenoxy) is 3. The third-order valence-electron chi connectivity index (χ3n) is 3.29. The largest absolute Gasteiger partial charge is 0.497 e. The summed E-state index contributed by atoms with van der Waals surface area (Å²) >= 11 is 0. The number of carbonyl (C=O) groups excluding carboxylic acids is 1. The Hall–Kier alpha value is -2.79. The summed E-state index contributed by atoms with van der Waals surface area (Å²) in [6, 6.07) is 14.3. The van der Waals surface area contributed by atoms with E-state index in [1.807, 2.05) is 30.3 Å². The van der Waals surface area contributed by atoms with Crippen LogP contribution >= 0.6 is 0 Å². The first-order valence-corrected chi connectivity index (χ1v) is 7.47. The SMILES string of the molecule is C=C(C(=O)OC(C)CO)c1cc(OC)ccc1Oc1ccccc1. The van der Waals surface area contributed by atoms with E-state index >= 15 is 0 Å². The van der Waals surface area contributed by atoms with Gasteiger partial charge in [-0.3, -0.25) is 0 Å². The molecule has 1 unspecified atom stereocenters. The van der Waals surface area contributed by atoms with Crippen LogP contribution in [0.15, 0.2) is 55.1 Å². The van der Waals surface area contributed by atoms with Crippen molar-refractivity contribution in [2.24, 2.45) is 0 Å². The second-order valence-corrected chi connectivity index (χ2v) is 5.15. The second kappa shape index (κ2) is 8.17. The number of aliphatic hydroxyl groups excluding tert-OH is 1. The van der Waals surface area contributed by atoms with Crippen LogP contribution in [-0.4, -0.2) is 30.9 Å². The smallest absolute Gasteiger partial charge is 0.338 e. The Morgan fingerprint density at radius 2 is 1.88 bits per heavy atom. The van der Waals surface area contributed by atoms with Crippen LogP contribution in [0.25, 0.3) is 5.57 Å². The monoisotopic (exact) mass is 328 g/mol. The summed E-state index contributed by atoms with van der Waals surface area (Å²) in [5.41, 5.74) is 0.591. The Balaban J connectivity index is 2.32. The Morgan fingerprint density at radius 1 is 1.17 bits per heavy atom. The molecule has 5 heteroatoms. The Kier molecular flexibility index (Phi) is 5.98. The zero-order chi connectivity index (χ0) is 17.5. The fourth-order valence-corrected chi connectivity index (χ4v) is 1.98. The summed E-state index contributed by atoms with van der Waals surface area (Å²) in [6.45, 7) is 5.13. The number of rotatable bonds is 7. The highest BCUT2D eigenvalue weighted by Gasteiger charge is 2.19. The van der Waals surface area contributed by atoms with Crippen LogP contribution in [0.4, 0.5) is 0 Å². The fraction of sp³-hybridized carbons (Fsp3) is 0.211. The van der Waals surface area contributed by atoms with E-state index in [9.17, 15) is 4.79 Å². The lowest BCUT2D eigenvalue weighted by atomic mass is 10.1. The van der Waals surface area contributed by atoms with E-state index in [1.54, 1.807) is 25.1 Å². The number of benzene rings is 2. The molecule has 0 spiro atoms. The minimum atomic E-state index is -0.622. The Labute approximate surface area is 141 Å². The molecule has 24 heavy (non-hydrogen) atoms. The van der Waals surface area contributed by atoms with Crippen molar-refractivity contribution >= 4 is 11.5 Å². The van der Waals surface area contributed by atoms with Crippen molar-refractivity contribution in [3.8, 4) is 17.2 Å². The van der Waals surface area contributed by atoms with Gasteiger partial charge in [-0.25, -0.2) is 4.79 Å². The zero-order valence-corrected chi connectivity index (χ0v) is 13.7. The van der Waals surface area contributed by atoms with Gasteiger partial charge in [-0.2, -0.15) is 0 Å². The number of aliphatic hydroxyl groups is 1. The van der Waals surface area contributed by atoms with Crippen LogP contribution in [-0.2, 0) is 9.53 Å². The predicted octanol–water partition coefficient (Wildman–Crippen LogP) is 3.42. The molecule has 0 radical (unpaired) electrons. The maximum atomic E-state index is 12.2. The molecular formula is C19H20O5. The molecule has 5 nitrogen and oxygen atoms in total. The molecule has 126 valence electrons. The van der Waals surface area contributed by atoms with Crippen LogP contribution in [0.5, 0.6) is 17.2 Å². The molecule has 1 atom stereocenters. The molecule has 0 fully saturated rings. The van der Waals surface area contributed by atoms with Gasteiger partial charge in [0.05, 0.1) is 19.3 Å². The summed E-state index contributed by atoms with van der Waals surface area (Å²) in [4.78, 5) is 12.2. The van der Waals surface area contributed by atoms with E-state index in [1.165, 1.54) is 7.11 Å². The first kappa shape index (κ1) is 17.6. The van der Waals surface area contributed by atoms with Gasteiger partial charge in [-0.15, -0.1) is 0 Å². The minimum Gasteiger partial charge on any atom is -0.497 e. The molecule has 0 saturated heterocycles. The van der Waals surface area contributed by atoms with Gasteiger partial charge in [-0.1, -0.05) is 24.8 Å². The predicted molar refractivity (Wildman–Crippen MR) is 91.2 cm³/mol. The lowest BCUT2D eigenvalue weighted by Crippen LogP contribution is -2.19. The molecular weight excluding hydrogens is 308 g/mol. The molecule has 2 rings (SSSR count). The van der Waals surface area contributed by atoms with E-state index in [0.717, 1.165) is 0 Å². The van der Waals surface area contributed by atoms with Crippen molar-refractivity contribution in [3.63, 3.8) is 0 Å². The Morgan fingerprint density at radius 3 is 2.50 bits per heavy atom. The van der Waals surface area contributed by atoms with Crippen molar-refractivity contribution < 1.29 is 24.1 Å². The molecule has 2 aromatic carbocycles. The van der Waals surface area contributed by atoms with Gasteiger partial charge in [0.25, 0.3) is 0 Å². The normalized spacial score (nSPS) is 11.5. The molecule has 0 amide bonds. The maximum Gasteiger partial charge on any atom is 0.338 e. The van der Waals surface area contributed by atoms with Crippen LogP contribution in [0.1, 0.15) is 12.5 Å². The van der Waals surface area contributed by atoms with Gasteiger partial charge in [0, 0.05) is 5.56 Å². The van der Waals surface area contributed by atoms with Gasteiger partial charge in [0.1, 0.15) is 23.4 Å². The van der Waals surface area contributed by atoms with E-state index in [2.05, 4.69) is 6.58 Å². The standard InChI is InChI=1S/C19H20O5/c1-13(12-20)23-19(21)14(2)17-11-16(22-3)9-10-18(17)24-15-7-5-4-6-8-15/h4-11,13,20H,2,12H2,1,3H3. The topological polar surface area (TPSA) is 65.0 Å². The van der Waals surface area contributed by atoms with Gasteiger partial charge in [0.2, 0.25) is 0 Å². The van der Waals surface area contributed by atoms with Gasteiger partial charge in [0.15, 0.2) is 0 Å². The van der Waals surface area contributed by atoms with Crippen molar-refractivity contribution in [3.05, 3.63) is 60.7 Å². The number of hydrogen-bond donors (Lipinski definition) is 1. The van der Waals surface area contributed by atoms with Crippen LogP contribution < -0.4 is 9.47 Å². The second-order valence-electron chi connectivity index (χ2n) is 5.15. The van der Waals surface area contributed by atoms with Gasteiger partial charge in [-0.05, 0) is 37.3 Å². The molecule has 0 saturated carbocycles. The highest BCUT2D eigenvalue weighted by Crippen LogP contribution is 2.33. The number of hydrogen-bond acceptors (Lipinski definition) is 5. The summed E-state index contributed by atoms with van der Waals surface area (Å²) < 4.78 is 16.2. The summed E-state index contributed by atoms with van der Waals surface area (Å²) in [6.07, 6.45) is -0.613. The van der Waals surface area contributed by atoms with Crippen molar-refractivity contribution in [2.45, 2.75) is 13.0 Å². The molecule has 0 aromatic heterocycles. The number of methoxy groups -OCH3 is 1. The van der Waals surface area contributed by atoms with Crippen molar-refractivity contribution in [1.29, 1.82) is 0 Å².